The summed E-state index contributed by atoms with van der Waals surface area (Å²) >= 11 is 24.9. The number of imide groups is 1. The number of carbonyl (C=O) groups excluding carboxylic acids is 2. The first-order chi connectivity index (χ1) is 16.5. The first-order valence-electron chi connectivity index (χ1n) is 9.72. The highest BCUT2D eigenvalue weighted by molar-refractivity contribution is 8.18. The van der Waals surface area contributed by atoms with Crippen LogP contribution >= 0.6 is 58.2 Å². The van der Waals surface area contributed by atoms with E-state index in [1.54, 1.807) is 12.1 Å². The summed E-state index contributed by atoms with van der Waals surface area (Å²) in [4.78, 5) is 26.4. The molecule has 180 valence electrons. The maximum absolute atomic E-state index is 12.8. The van der Waals surface area contributed by atoms with Gasteiger partial charge in [-0.15, -0.1) is 0 Å². The van der Waals surface area contributed by atoms with E-state index in [1.807, 2.05) is 0 Å². The largest absolute Gasteiger partial charge is 0.377 e. The van der Waals surface area contributed by atoms with Crippen molar-refractivity contribution in [3.8, 4) is 5.75 Å². The number of carbonyl (C=O) groups is 2. The van der Waals surface area contributed by atoms with E-state index in [2.05, 4.69) is 0 Å². The highest BCUT2D eigenvalue weighted by Gasteiger charge is 2.35. The van der Waals surface area contributed by atoms with E-state index in [0.29, 0.717) is 26.2 Å². The van der Waals surface area contributed by atoms with Crippen molar-refractivity contribution in [3.05, 3.63) is 96.8 Å². The summed E-state index contributed by atoms with van der Waals surface area (Å²) < 4.78 is 30.1. The molecule has 1 aliphatic rings. The maximum atomic E-state index is 12.8. The Bertz CT molecular complexity index is 1470. The minimum absolute atomic E-state index is 0.00321. The lowest BCUT2D eigenvalue weighted by atomic mass is 10.2. The van der Waals surface area contributed by atoms with Gasteiger partial charge < -0.3 is 4.18 Å². The highest BCUT2D eigenvalue weighted by Crippen LogP contribution is 2.36. The van der Waals surface area contributed by atoms with Crippen molar-refractivity contribution in [3.63, 3.8) is 0 Å². The average molecular weight is 589 g/mol. The summed E-state index contributed by atoms with van der Waals surface area (Å²) in [5, 5.41) is 0.720. The van der Waals surface area contributed by atoms with Crippen LogP contribution in [-0.4, -0.2) is 24.5 Å². The van der Waals surface area contributed by atoms with Gasteiger partial charge in [-0.2, -0.15) is 8.42 Å². The minimum Gasteiger partial charge on any atom is -0.377 e. The third-order valence-corrected chi connectivity index (χ3v) is 8.06. The molecule has 1 heterocycles. The van der Waals surface area contributed by atoms with Crippen molar-refractivity contribution in [1.82, 2.24) is 4.90 Å². The van der Waals surface area contributed by atoms with Gasteiger partial charge in [0.05, 0.1) is 16.5 Å². The van der Waals surface area contributed by atoms with Crippen molar-refractivity contribution >= 4 is 85.5 Å². The second kappa shape index (κ2) is 10.4. The van der Waals surface area contributed by atoms with Gasteiger partial charge in [0.1, 0.15) is 4.90 Å². The lowest BCUT2D eigenvalue weighted by Gasteiger charge is -2.13. The van der Waals surface area contributed by atoms with Crippen LogP contribution in [0.15, 0.2) is 70.5 Å². The minimum atomic E-state index is -4.13. The number of thioether (sulfide) groups is 1. The van der Waals surface area contributed by atoms with Crippen LogP contribution in [0, 0.1) is 0 Å². The van der Waals surface area contributed by atoms with E-state index in [1.165, 1.54) is 54.6 Å². The Morgan fingerprint density at radius 3 is 2.20 bits per heavy atom. The molecule has 0 aliphatic carbocycles. The van der Waals surface area contributed by atoms with Crippen molar-refractivity contribution in [2.24, 2.45) is 0 Å². The fourth-order valence-corrected chi connectivity index (χ4v) is 5.70. The van der Waals surface area contributed by atoms with Crippen LogP contribution in [0.4, 0.5) is 4.79 Å². The molecule has 12 heteroatoms. The molecule has 35 heavy (non-hydrogen) atoms. The SMILES string of the molecule is O=C1S/C(=C\c2ccc(OS(=O)(=O)c3ccc(Cl)cc3)c(Cl)c2)C(=O)N1Cc1ccc(Cl)cc1Cl. The van der Waals surface area contributed by atoms with E-state index in [-0.39, 0.29) is 27.1 Å². The van der Waals surface area contributed by atoms with Crippen molar-refractivity contribution in [2.75, 3.05) is 0 Å². The Morgan fingerprint density at radius 1 is 0.857 bits per heavy atom. The average Bonchev–Trinajstić information content (AvgIpc) is 3.05. The fraction of sp³-hybridized carbons (Fsp3) is 0.0435. The van der Waals surface area contributed by atoms with E-state index in [0.717, 1.165) is 16.7 Å². The first-order valence-corrected chi connectivity index (χ1v) is 13.5. The molecular weight excluding hydrogens is 576 g/mol. The normalized spacial score (nSPS) is 15.2. The third kappa shape index (κ3) is 5.97. The summed E-state index contributed by atoms with van der Waals surface area (Å²) in [5.41, 5.74) is 1.05. The number of amides is 2. The van der Waals surface area contributed by atoms with Gasteiger partial charge in [-0.1, -0.05) is 58.5 Å². The summed E-state index contributed by atoms with van der Waals surface area (Å²) in [6, 6.07) is 14.6. The molecule has 0 aromatic heterocycles. The Hall–Kier alpha value is -2.20. The number of nitrogens with zero attached hydrogens (tertiary/aromatic N) is 1. The van der Waals surface area contributed by atoms with Crippen molar-refractivity contribution in [2.45, 2.75) is 11.4 Å². The monoisotopic (exact) mass is 587 g/mol. The van der Waals surface area contributed by atoms with E-state index >= 15 is 0 Å². The van der Waals surface area contributed by atoms with Crippen LogP contribution in [0.25, 0.3) is 6.08 Å². The molecule has 6 nitrogen and oxygen atoms in total. The number of rotatable bonds is 6. The lowest BCUT2D eigenvalue weighted by molar-refractivity contribution is -0.123. The molecule has 0 radical (unpaired) electrons. The molecule has 0 bridgehead atoms. The maximum Gasteiger partial charge on any atom is 0.339 e. The fourth-order valence-electron chi connectivity index (χ4n) is 3.05. The van der Waals surface area contributed by atoms with Crippen LogP contribution in [0.5, 0.6) is 5.75 Å². The lowest BCUT2D eigenvalue weighted by Crippen LogP contribution is -2.27. The van der Waals surface area contributed by atoms with Gasteiger partial charge in [0.25, 0.3) is 11.1 Å². The van der Waals surface area contributed by atoms with Crippen LogP contribution in [-0.2, 0) is 21.5 Å². The number of hydrogen-bond acceptors (Lipinski definition) is 6. The molecular formula is C23H13Cl4NO5S2. The molecule has 4 rings (SSSR count). The Morgan fingerprint density at radius 2 is 1.54 bits per heavy atom. The zero-order valence-electron chi connectivity index (χ0n) is 17.4. The van der Waals surface area contributed by atoms with Gasteiger partial charge in [0.2, 0.25) is 0 Å². The first kappa shape index (κ1) is 25.9. The molecule has 0 saturated carbocycles. The van der Waals surface area contributed by atoms with Crippen LogP contribution in [0.1, 0.15) is 11.1 Å². The van der Waals surface area contributed by atoms with Gasteiger partial charge in [0, 0.05) is 15.1 Å². The zero-order valence-corrected chi connectivity index (χ0v) is 22.0. The smallest absolute Gasteiger partial charge is 0.339 e. The predicted octanol–water partition coefficient (Wildman–Crippen LogP) is 7.30. The molecule has 1 saturated heterocycles. The van der Waals surface area contributed by atoms with Gasteiger partial charge in [-0.05, 0) is 77.5 Å². The molecule has 0 atom stereocenters. The highest BCUT2D eigenvalue weighted by atomic mass is 35.5. The number of hydrogen-bond donors (Lipinski definition) is 0. The molecule has 3 aromatic rings. The standard InChI is InChI=1S/C23H13Cl4NO5S2/c24-15-4-6-17(7-5-15)35(31,32)33-20-8-1-13(9-19(20)27)10-21-22(29)28(23(30)34-21)12-14-2-3-16(25)11-18(14)26/h1-11H,12H2/b21-10-. The molecule has 0 unspecified atom stereocenters. The molecule has 2 amide bonds. The van der Waals surface area contributed by atoms with Gasteiger partial charge in [-0.25, -0.2) is 0 Å². The summed E-state index contributed by atoms with van der Waals surface area (Å²) in [6.07, 6.45) is 1.48. The van der Waals surface area contributed by atoms with E-state index in [9.17, 15) is 18.0 Å². The predicted molar refractivity (Wildman–Crippen MR) is 139 cm³/mol. The summed E-state index contributed by atoms with van der Waals surface area (Å²) in [6.45, 7) is -0.00585. The third-order valence-electron chi connectivity index (χ3n) is 4.77. The number of halogens is 4. The second-order valence-electron chi connectivity index (χ2n) is 7.18. The van der Waals surface area contributed by atoms with E-state index in [4.69, 9.17) is 50.6 Å². The Balaban J connectivity index is 1.52. The topological polar surface area (TPSA) is 80.8 Å². The molecule has 3 aromatic carbocycles. The zero-order chi connectivity index (χ0) is 25.3. The van der Waals surface area contributed by atoms with Gasteiger partial charge in [-0.3, -0.25) is 14.5 Å². The summed E-state index contributed by atoms with van der Waals surface area (Å²) in [5.74, 6) is -0.586. The van der Waals surface area contributed by atoms with Crippen LogP contribution in [0.3, 0.4) is 0 Å². The van der Waals surface area contributed by atoms with E-state index < -0.39 is 21.3 Å². The second-order valence-corrected chi connectivity index (χ2v) is 11.4. The van der Waals surface area contributed by atoms with Crippen LogP contribution in [0.2, 0.25) is 20.1 Å². The van der Waals surface area contributed by atoms with Crippen LogP contribution < -0.4 is 4.18 Å². The van der Waals surface area contributed by atoms with Crippen molar-refractivity contribution in [1.29, 1.82) is 0 Å². The Kier molecular flexibility index (Phi) is 7.71. The molecule has 0 spiro atoms. The Labute approximate surface area is 225 Å². The molecule has 0 N–H and O–H groups in total. The molecule has 1 aliphatic heterocycles. The van der Waals surface area contributed by atoms with Gasteiger partial charge >= 0.3 is 10.1 Å². The number of benzene rings is 3. The van der Waals surface area contributed by atoms with Crippen molar-refractivity contribution < 1.29 is 22.2 Å². The molecule has 1 fully saturated rings. The summed E-state index contributed by atoms with van der Waals surface area (Å²) in [7, 11) is -4.13. The van der Waals surface area contributed by atoms with Gasteiger partial charge in [0.15, 0.2) is 5.75 Å². The quantitative estimate of drug-likeness (QED) is 0.222.